The lowest BCUT2D eigenvalue weighted by Gasteiger charge is -2.51. The molecule has 0 N–H and O–H groups in total. The van der Waals surface area contributed by atoms with E-state index < -0.39 is 0 Å². The van der Waals surface area contributed by atoms with Crippen molar-refractivity contribution < 1.29 is 9.53 Å². The molecular formula is C24H26N2O2. The van der Waals surface area contributed by atoms with Crippen molar-refractivity contribution in [3.63, 3.8) is 0 Å². The third-order valence-electron chi connectivity index (χ3n) is 7.43. The number of rotatable bonds is 2. The number of ether oxygens (including phenoxy) is 1. The maximum Gasteiger partial charge on any atom is 0.257 e. The fourth-order valence-corrected chi connectivity index (χ4v) is 6.19. The molecule has 0 aromatic heterocycles. The van der Waals surface area contributed by atoms with Crippen molar-refractivity contribution in [2.24, 2.45) is 5.92 Å². The lowest BCUT2D eigenvalue weighted by Crippen LogP contribution is -2.60. The Morgan fingerprint density at radius 3 is 2.61 bits per heavy atom. The topological polar surface area (TPSA) is 32.8 Å². The minimum atomic E-state index is 0.168. The van der Waals surface area contributed by atoms with Gasteiger partial charge in [-0.15, -0.1) is 0 Å². The Morgan fingerprint density at radius 2 is 1.79 bits per heavy atom. The molecule has 5 aliphatic rings. The van der Waals surface area contributed by atoms with Crippen molar-refractivity contribution in [3.8, 4) is 5.75 Å². The van der Waals surface area contributed by atoms with Crippen LogP contribution in [0.2, 0.25) is 0 Å². The number of carbonyl (C=O) groups excluding carboxylic acids is 1. The van der Waals surface area contributed by atoms with Crippen LogP contribution in [0.15, 0.2) is 48.5 Å². The summed E-state index contributed by atoms with van der Waals surface area (Å²) in [5, 5.41) is 0. The average Bonchev–Trinajstić information content (AvgIpc) is 3.41. The monoisotopic (exact) mass is 374 g/mol. The van der Waals surface area contributed by atoms with Gasteiger partial charge in [-0.3, -0.25) is 9.69 Å². The van der Waals surface area contributed by atoms with E-state index in [9.17, 15) is 4.79 Å². The molecule has 0 unspecified atom stereocenters. The number of para-hydroxylation sites is 1. The lowest BCUT2D eigenvalue weighted by atomic mass is 9.75. The van der Waals surface area contributed by atoms with E-state index in [-0.39, 0.29) is 5.91 Å². The number of piperidine rings is 3. The van der Waals surface area contributed by atoms with Crippen LogP contribution in [-0.4, -0.2) is 54.0 Å². The van der Waals surface area contributed by atoms with Crippen LogP contribution in [0.4, 0.5) is 0 Å². The zero-order chi connectivity index (χ0) is 18.7. The number of amides is 1. The third-order valence-corrected chi connectivity index (χ3v) is 7.43. The zero-order valence-corrected chi connectivity index (χ0v) is 16.1. The predicted octanol–water partition coefficient (Wildman–Crippen LogP) is 3.32. The first kappa shape index (κ1) is 16.6. The van der Waals surface area contributed by atoms with Gasteiger partial charge in [0.2, 0.25) is 0 Å². The molecule has 28 heavy (non-hydrogen) atoms. The fraction of sp³-hybridized carbons (Fsp3) is 0.458. The number of nitrogens with zero attached hydrogens (tertiary/aromatic N) is 2. The van der Waals surface area contributed by atoms with E-state index in [2.05, 4.69) is 46.2 Å². The van der Waals surface area contributed by atoms with Crippen LogP contribution < -0.4 is 4.74 Å². The Labute approximate surface area is 166 Å². The highest BCUT2D eigenvalue weighted by atomic mass is 16.5. The summed E-state index contributed by atoms with van der Waals surface area (Å²) >= 11 is 0. The van der Waals surface area contributed by atoms with Crippen LogP contribution in [0.1, 0.15) is 40.2 Å². The summed E-state index contributed by atoms with van der Waals surface area (Å²) in [6.45, 7) is 3.87. The van der Waals surface area contributed by atoms with Gasteiger partial charge in [-0.05, 0) is 49.0 Å². The molecule has 5 heterocycles. The standard InChI is InChI=1S/C24H26N2O2/c27-24(19-8-4-7-18-11-14-28-23(18)19)26-15-20(16-5-2-1-3-6-16)22-21(26)17-9-12-25(22)13-10-17/h1-8,17,20-22H,9-15H2/t20-,21+,22+/m1/s1. The van der Waals surface area contributed by atoms with E-state index >= 15 is 0 Å². The normalized spacial score (nSPS) is 32.7. The SMILES string of the molecule is O=C(c1cccc2c1OCC2)N1C[C@H](c2ccccc2)[C@H]2[C@@H]1C1CCN2CC1. The molecule has 0 saturated carbocycles. The van der Waals surface area contributed by atoms with Crippen molar-refractivity contribution in [1.82, 2.24) is 9.80 Å². The van der Waals surface area contributed by atoms with Crippen LogP contribution in [0.5, 0.6) is 5.75 Å². The number of likely N-dealkylation sites (tertiary alicyclic amines) is 1. The second kappa shape index (κ2) is 6.35. The number of hydrogen-bond acceptors (Lipinski definition) is 3. The Balaban J connectivity index is 1.40. The molecule has 144 valence electrons. The van der Waals surface area contributed by atoms with E-state index in [0.717, 1.165) is 24.3 Å². The summed E-state index contributed by atoms with van der Waals surface area (Å²) < 4.78 is 5.86. The van der Waals surface area contributed by atoms with Gasteiger partial charge in [0.15, 0.2) is 0 Å². The van der Waals surface area contributed by atoms with E-state index in [4.69, 9.17) is 4.74 Å². The lowest BCUT2D eigenvalue weighted by molar-refractivity contribution is -0.00348. The summed E-state index contributed by atoms with van der Waals surface area (Å²) in [6, 6.07) is 17.7. The molecule has 4 fully saturated rings. The first-order valence-electron chi connectivity index (χ1n) is 10.7. The van der Waals surface area contributed by atoms with Crippen molar-refractivity contribution in [3.05, 3.63) is 65.2 Å². The molecule has 3 atom stereocenters. The van der Waals surface area contributed by atoms with E-state index in [1.165, 1.54) is 37.1 Å². The minimum absolute atomic E-state index is 0.168. The van der Waals surface area contributed by atoms with E-state index in [1.54, 1.807) is 0 Å². The molecule has 2 aromatic rings. The summed E-state index contributed by atoms with van der Waals surface area (Å²) in [6.07, 6.45) is 3.34. The summed E-state index contributed by atoms with van der Waals surface area (Å²) in [5.41, 5.74) is 3.31. The predicted molar refractivity (Wildman–Crippen MR) is 108 cm³/mol. The number of hydrogen-bond donors (Lipinski definition) is 0. The Bertz CT molecular complexity index is 904. The second-order valence-corrected chi connectivity index (χ2v) is 8.72. The molecule has 4 nitrogen and oxygen atoms in total. The van der Waals surface area contributed by atoms with Gasteiger partial charge in [0.1, 0.15) is 5.75 Å². The van der Waals surface area contributed by atoms with Gasteiger partial charge in [0.25, 0.3) is 5.91 Å². The van der Waals surface area contributed by atoms with Gasteiger partial charge in [-0.2, -0.15) is 0 Å². The van der Waals surface area contributed by atoms with E-state index in [0.29, 0.717) is 30.5 Å². The molecule has 0 aliphatic carbocycles. The van der Waals surface area contributed by atoms with Crippen LogP contribution in [-0.2, 0) is 6.42 Å². The molecule has 2 aromatic carbocycles. The molecule has 4 heteroatoms. The molecule has 7 rings (SSSR count). The third kappa shape index (κ3) is 2.37. The number of benzene rings is 2. The molecule has 2 bridgehead atoms. The van der Waals surface area contributed by atoms with Crippen molar-refractivity contribution in [2.75, 3.05) is 26.2 Å². The second-order valence-electron chi connectivity index (χ2n) is 8.72. The molecule has 0 radical (unpaired) electrons. The highest BCUT2D eigenvalue weighted by molar-refractivity contribution is 5.98. The van der Waals surface area contributed by atoms with Gasteiger partial charge in [0.05, 0.1) is 18.2 Å². The highest BCUT2D eigenvalue weighted by Gasteiger charge is 2.54. The van der Waals surface area contributed by atoms with Gasteiger partial charge < -0.3 is 9.64 Å². The first-order valence-corrected chi connectivity index (χ1v) is 10.7. The smallest absolute Gasteiger partial charge is 0.257 e. The van der Waals surface area contributed by atoms with Gasteiger partial charge >= 0.3 is 0 Å². The quantitative estimate of drug-likeness (QED) is 0.808. The van der Waals surface area contributed by atoms with Crippen LogP contribution in [0.25, 0.3) is 0 Å². The molecule has 0 spiro atoms. The van der Waals surface area contributed by atoms with Gasteiger partial charge in [-0.1, -0.05) is 42.5 Å². The summed E-state index contributed by atoms with van der Waals surface area (Å²) in [7, 11) is 0. The Morgan fingerprint density at radius 1 is 0.964 bits per heavy atom. The molecular weight excluding hydrogens is 348 g/mol. The Kier molecular flexibility index (Phi) is 3.76. The minimum Gasteiger partial charge on any atom is -0.492 e. The molecule has 4 saturated heterocycles. The maximum absolute atomic E-state index is 13.7. The highest BCUT2D eigenvalue weighted by Crippen LogP contribution is 2.47. The van der Waals surface area contributed by atoms with Crippen LogP contribution in [0.3, 0.4) is 0 Å². The Hall–Kier alpha value is -2.33. The largest absolute Gasteiger partial charge is 0.492 e. The van der Waals surface area contributed by atoms with Gasteiger partial charge in [-0.25, -0.2) is 0 Å². The van der Waals surface area contributed by atoms with Crippen LogP contribution in [0, 0.1) is 5.92 Å². The van der Waals surface area contributed by atoms with E-state index in [1.807, 2.05) is 12.1 Å². The number of carbonyl (C=O) groups is 1. The van der Waals surface area contributed by atoms with Crippen molar-refractivity contribution in [1.29, 1.82) is 0 Å². The van der Waals surface area contributed by atoms with Crippen molar-refractivity contribution >= 4 is 5.91 Å². The molecule has 5 aliphatic heterocycles. The van der Waals surface area contributed by atoms with Crippen LogP contribution >= 0.6 is 0 Å². The zero-order valence-electron chi connectivity index (χ0n) is 16.1. The number of fused-ring (bicyclic) bond motifs is 3. The average molecular weight is 374 g/mol. The fourth-order valence-electron chi connectivity index (χ4n) is 6.19. The van der Waals surface area contributed by atoms with Gasteiger partial charge in [0, 0.05) is 24.9 Å². The maximum atomic E-state index is 13.7. The van der Waals surface area contributed by atoms with Crippen molar-refractivity contribution in [2.45, 2.75) is 37.3 Å². The first-order chi connectivity index (χ1) is 13.8. The summed E-state index contributed by atoms with van der Waals surface area (Å²) in [4.78, 5) is 18.6. The molecule has 1 amide bonds. The summed E-state index contributed by atoms with van der Waals surface area (Å²) in [5.74, 6) is 2.02.